The summed E-state index contributed by atoms with van der Waals surface area (Å²) in [5.74, 6) is 0.899. The molecule has 15 nitrogen and oxygen atoms in total. The number of benzene rings is 2. The highest BCUT2D eigenvalue weighted by Crippen LogP contribution is 2.38. The summed E-state index contributed by atoms with van der Waals surface area (Å²) < 4.78 is 6.08. The van der Waals surface area contributed by atoms with E-state index in [0.29, 0.717) is 50.9 Å². The van der Waals surface area contributed by atoms with E-state index in [-0.39, 0.29) is 36.8 Å². The summed E-state index contributed by atoms with van der Waals surface area (Å²) in [6.07, 6.45) is 5.54. The third-order valence-electron chi connectivity index (χ3n) is 13.1. The summed E-state index contributed by atoms with van der Waals surface area (Å²) >= 11 is 6.15. The molecule has 3 aromatic rings. The Morgan fingerprint density at radius 1 is 0.847 bits per heavy atom. The Bertz CT molecular complexity index is 2200. The highest BCUT2D eigenvalue weighted by atomic mass is 35.5. The van der Waals surface area contributed by atoms with Gasteiger partial charge in [0.05, 0.1) is 27.8 Å². The molecule has 5 amide bonds. The molecular formula is C43H46ClN9O6. The van der Waals surface area contributed by atoms with Crippen molar-refractivity contribution >= 4 is 52.6 Å². The third-order valence-corrected chi connectivity index (χ3v) is 13.4. The lowest BCUT2D eigenvalue weighted by Crippen LogP contribution is -2.54. The number of hydrogen-bond donors (Lipinski definition) is 2. The number of nitrogens with zero attached hydrogens (tertiary/aromatic N) is 7. The predicted octanol–water partition coefficient (Wildman–Crippen LogP) is 3.81. The molecule has 9 rings (SSSR count). The molecule has 1 aliphatic carbocycles. The first-order valence-electron chi connectivity index (χ1n) is 20.7. The van der Waals surface area contributed by atoms with Gasteiger partial charge in [-0.1, -0.05) is 11.6 Å². The first kappa shape index (κ1) is 38.9. The summed E-state index contributed by atoms with van der Waals surface area (Å²) in [6, 6.07) is 15.3. The first-order valence-corrected chi connectivity index (χ1v) is 21.1. The normalized spacial score (nSPS) is 26.1. The van der Waals surface area contributed by atoms with Gasteiger partial charge in [-0.15, -0.1) is 10.2 Å². The summed E-state index contributed by atoms with van der Waals surface area (Å²) in [7, 11) is 0. The Kier molecular flexibility index (Phi) is 10.7. The maximum Gasteiger partial charge on any atom is 0.272 e. The number of aromatic nitrogens is 2. The number of likely N-dealkylation sites (tertiary alicyclic amines) is 1. The zero-order valence-corrected chi connectivity index (χ0v) is 33.4. The number of nitrogens with one attached hydrogen (secondary N) is 2. The molecule has 2 N–H and O–H groups in total. The van der Waals surface area contributed by atoms with E-state index in [1.807, 2.05) is 12.1 Å². The Labute approximate surface area is 347 Å². The minimum Gasteiger partial charge on any atom is -0.490 e. The number of ether oxygens (including phenoxy) is 1. The number of piperidine rings is 2. The molecule has 306 valence electrons. The number of carbonyl (C=O) groups excluding carboxylic acids is 5. The number of rotatable bonds is 9. The van der Waals surface area contributed by atoms with Crippen molar-refractivity contribution in [3.8, 4) is 11.8 Å². The minimum atomic E-state index is -0.970. The van der Waals surface area contributed by atoms with Crippen molar-refractivity contribution in [2.45, 2.75) is 69.6 Å². The van der Waals surface area contributed by atoms with Gasteiger partial charge in [0.1, 0.15) is 17.9 Å². The van der Waals surface area contributed by atoms with E-state index in [1.165, 1.54) is 0 Å². The van der Waals surface area contributed by atoms with E-state index < -0.39 is 23.8 Å². The number of amides is 5. The molecule has 0 spiro atoms. The van der Waals surface area contributed by atoms with Gasteiger partial charge < -0.3 is 24.8 Å². The van der Waals surface area contributed by atoms with Crippen molar-refractivity contribution in [3.05, 3.63) is 75.9 Å². The van der Waals surface area contributed by atoms with E-state index in [4.69, 9.17) is 21.6 Å². The van der Waals surface area contributed by atoms with E-state index in [2.05, 4.69) is 41.6 Å². The molecule has 4 saturated heterocycles. The number of halogens is 1. The second kappa shape index (κ2) is 16.2. The average Bonchev–Trinajstić information content (AvgIpc) is 3.88. The van der Waals surface area contributed by atoms with Crippen LogP contribution in [-0.4, -0.2) is 114 Å². The number of fused-ring (bicyclic) bond motifs is 2. The van der Waals surface area contributed by atoms with Crippen molar-refractivity contribution in [2.75, 3.05) is 55.6 Å². The third kappa shape index (κ3) is 7.95. The lowest BCUT2D eigenvalue weighted by molar-refractivity contribution is -0.136. The van der Waals surface area contributed by atoms with E-state index in [0.717, 1.165) is 101 Å². The van der Waals surface area contributed by atoms with Crippen LogP contribution in [0.25, 0.3) is 0 Å². The first-order chi connectivity index (χ1) is 28.6. The summed E-state index contributed by atoms with van der Waals surface area (Å²) in [4.78, 5) is 71.8. The van der Waals surface area contributed by atoms with Gasteiger partial charge in [0.2, 0.25) is 11.8 Å². The quantitative estimate of drug-likeness (QED) is 0.299. The maximum absolute atomic E-state index is 13.4. The lowest BCUT2D eigenvalue weighted by atomic mass is 9.93. The SMILES string of the molecule is N#Cc1ccc(O[C@H]2CC[C@H](NC(=O)c3ccc(N4CCC(CN5CC6CN(c7ccc8c(c7)C(=O)N(C7CCC(=O)NC7=O)C8=O)CC6C5)CC4)nn3)CC2)cc1Cl. The Morgan fingerprint density at radius 3 is 2.27 bits per heavy atom. The van der Waals surface area contributed by atoms with Crippen molar-refractivity contribution in [1.29, 1.82) is 5.26 Å². The smallest absolute Gasteiger partial charge is 0.272 e. The van der Waals surface area contributed by atoms with Crippen LogP contribution in [0, 0.1) is 29.1 Å². The van der Waals surface area contributed by atoms with Gasteiger partial charge in [-0.25, -0.2) is 0 Å². The predicted molar refractivity (Wildman–Crippen MR) is 216 cm³/mol. The molecule has 5 fully saturated rings. The molecule has 0 bridgehead atoms. The molecular weight excluding hydrogens is 774 g/mol. The van der Waals surface area contributed by atoms with Crippen LogP contribution in [0.1, 0.15) is 88.1 Å². The fourth-order valence-electron chi connectivity index (χ4n) is 9.87. The van der Waals surface area contributed by atoms with Crippen molar-refractivity contribution in [3.63, 3.8) is 0 Å². The summed E-state index contributed by atoms with van der Waals surface area (Å²) in [6.45, 7) is 6.68. The van der Waals surface area contributed by atoms with Gasteiger partial charge in [-0.3, -0.25) is 34.2 Å². The highest BCUT2D eigenvalue weighted by molar-refractivity contribution is 6.31. The van der Waals surface area contributed by atoms with E-state index in [9.17, 15) is 24.0 Å². The standard InChI is InChI=1S/C43H46ClN9O6/c44-35-18-32(5-1-26(35)19-45)59-31-6-2-29(3-7-31)46-40(55)36-9-11-38(49-48-36)51-15-13-25(14-16-51)20-50-21-27-23-52(24-28(27)22-50)30-4-8-33-34(17-30)43(58)53(42(33)57)37-10-12-39(54)47-41(37)56/h1,4-5,8-9,11,17-18,25,27-29,31,37H,2-3,6-7,10,12-16,20-24H2,(H,46,55)(H,47,54,56)/t27?,28?,29-,31-,37?. The van der Waals surface area contributed by atoms with Crippen LogP contribution in [0.3, 0.4) is 0 Å². The van der Waals surface area contributed by atoms with Crippen LogP contribution in [0.5, 0.6) is 5.75 Å². The Morgan fingerprint density at radius 2 is 1.59 bits per heavy atom. The monoisotopic (exact) mass is 819 g/mol. The zero-order chi connectivity index (χ0) is 40.8. The van der Waals surface area contributed by atoms with Gasteiger partial charge in [0.25, 0.3) is 17.7 Å². The molecule has 6 heterocycles. The molecule has 1 saturated carbocycles. The number of hydrogen-bond acceptors (Lipinski definition) is 12. The van der Waals surface area contributed by atoms with Crippen molar-refractivity contribution in [1.82, 2.24) is 30.6 Å². The summed E-state index contributed by atoms with van der Waals surface area (Å²) in [5.41, 5.74) is 2.26. The van der Waals surface area contributed by atoms with Crippen LogP contribution in [-0.2, 0) is 9.59 Å². The molecule has 6 aliphatic rings. The van der Waals surface area contributed by atoms with Gasteiger partial charge in [0.15, 0.2) is 11.5 Å². The molecule has 2 aromatic carbocycles. The van der Waals surface area contributed by atoms with Crippen LogP contribution in [0.2, 0.25) is 5.02 Å². The number of imide groups is 2. The second-order valence-electron chi connectivity index (χ2n) is 16.8. The van der Waals surface area contributed by atoms with Gasteiger partial charge >= 0.3 is 0 Å². The number of carbonyl (C=O) groups is 5. The highest BCUT2D eigenvalue weighted by Gasteiger charge is 2.46. The topological polar surface area (TPSA) is 181 Å². The van der Waals surface area contributed by atoms with Gasteiger partial charge in [0, 0.05) is 70.0 Å². The molecule has 5 aliphatic heterocycles. The van der Waals surface area contributed by atoms with Gasteiger partial charge in [-0.05, 0) is 105 Å². The molecule has 3 atom stereocenters. The number of nitriles is 1. The lowest BCUT2D eigenvalue weighted by Gasteiger charge is -2.34. The zero-order valence-electron chi connectivity index (χ0n) is 32.6. The van der Waals surface area contributed by atoms with Crippen molar-refractivity contribution in [2.24, 2.45) is 17.8 Å². The fraction of sp³-hybridized carbons (Fsp3) is 0.488. The van der Waals surface area contributed by atoms with Crippen molar-refractivity contribution < 1.29 is 28.7 Å². The van der Waals surface area contributed by atoms with E-state index in [1.54, 1.807) is 36.4 Å². The van der Waals surface area contributed by atoms with Gasteiger partial charge in [-0.2, -0.15) is 5.26 Å². The molecule has 59 heavy (non-hydrogen) atoms. The average molecular weight is 820 g/mol. The van der Waals surface area contributed by atoms with Crippen LogP contribution in [0.4, 0.5) is 11.5 Å². The minimum absolute atomic E-state index is 0.0220. The Hall–Kier alpha value is -5.59. The molecule has 1 aromatic heterocycles. The van der Waals surface area contributed by atoms with Crippen LogP contribution in [0.15, 0.2) is 48.5 Å². The largest absolute Gasteiger partial charge is 0.490 e. The molecule has 3 unspecified atom stereocenters. The maximum atomic E-state index is 13.4. The fourth-order valence-corrected chi connectivity index (χ4v) is 10.1. The van der Waals surface area contributed by atoms with E-state index >= 15 is 0 Å². The Balaban J connectivity index is 0.699. The number of anilines is 2. The second-order valence-corrected chi connectivity index (χ2v) is 17.3. The van der Waals surface area contributed by atoms with Crippen LogP contribution >= 0.6 is 11.6 Å². The summed E-state index contributed by atoms with van der Waals surface area (Å²) in [5, 5.41) is 23.6. The molecule has 0 radical (unpaired) electrons. The molecule has 16 heteroatoms. The van der Waals surface area contributed by atoms with Crippen LogP contribution < -0.4 is 25.2 Å².